The minimum atomic E-state index is -0.793. The first kappa shape index (κ1) is 14.2. The Morgan fingerprint density at radius 3 is 2.82 bits per heavy atom. The Kier molecular flexibility index (Phi) is 5.70. The second-order valence-electron chi connectivity index (χ2n) is 4.00. The number of hydrogen-bond acceptors (Lipinski definition) is 3. The molecule has 1 aromatic rings. The molecule has 1 rings (SSSR count). The van der Waals surface area contributed by atoms with E-state index in [9.17, 15) is 4.79 Å². The van der Waals surface area contributed by atoms with Crippen LogP contribution in [-0.4, -0.2) is 17.8 Å². The average molecular weight is 349 g/mol. The van der Waals surface area contributed by atoms with Gasteiger partial charge >= 0.3 is 6.09 Å². The summed E-state index contributed by atoms with van der Waals surface area (Å²) in [6.45, 7) is 1.95. The SMILES string of the molecule is C[C@H](CO)C[C@H](OC(N)=O)c1cccc(I)c1. The summed E-state index contributed by atoms with van der Waals surface area (Å²) in [5.41, 5.74) is 5.96. The normalized spacial score (nSPS) is 14.1. The third-order valence-electron chi connectivity index (χ3n) is 2.41. The topological polar surface area (TPSA) is 72.6 Å². The molecule has 0 heterocycles. The molecule has 0 aliphatic rings. The van der Waals surface area contributed by atoms with Crippen LogP contribution in [0.25, 0.3) is 0 Å². The molecule has 4 nitrogen and oxygen atoms in total. The van der Waals surface area contributed by atoms with Crippen LogP contribution in [0.15, 0.2) is 24.3 Å². The van der Waals surface area contributed by atoms with Gasteiger partial charge in [0.25, 0.3) is 0 Å². The van der Waals surface area contributed by atoms with Gasteiger partial charge in [-0.15, -0.1) is 0 Å². The standard InChI is InChI=1S/C12H16INO3/c1-8(7-15)5-11(17-12(14)16)9-3-2-4-10(13)6-9/h2-4,6,8,11,15H,5,7H2,1H3,(H2,14,16)/t8-,11-/m0/s1. The van der Waals surface area contributed by atoms with Crippen LogP contribution in [0.3, 0.4) is 0 Å². The average Bonchev–Trinajstić information content (AvgIpc) is 2.27. The molecule has 3 N–H and O–H groups in total. The molecule has 5 heteroatoms. The number of nitrogens with two attached hydrogens (primary N) is 1. The summed E-state index contributed by atoms with van der Waals surface area (Å²) in [7, 11) is 0. The lowest BCUT2D eigenvalue weighted by Crippen LogP contribution is -2.20. The van der Waals surface area contributed by atoms with Crippen molar-refractivity contribution in [3.8, 4) is 0 Å². The number of carbonyl (C=O) groups excluding carboxylic acids is 1. The Hall–Kier alpha value is -0.820. The van der Waals surface area contributed by atoms with E-state index < -0.39 is 12.2 Å². The zero-order chi connectivity index (χ0) is 12.8. The predicted octanol–water partition coefficient (Wildman–Crippen LogP) is 2.45. The van der Waals surface area contributed by atoms with Gasteiger partial charge in [-0.3, -0.25) is 0 Å². The molecule has 0 saturated carbocycles. The maximum Gasteiger partial charge on any atom is 0.405 e. The van der Waals surface area contributed by atoms with Crippen molar-refractivity contribution in [1.82, 2.24) is 0 Å². The summed E-state index contributed by atoms with van der Waals surface area (Å²) >= 11 is 2.19. The molecule has 1 aromatic carbocycles. The van der Waals surface area contributed by atoms with Crippen molar-refractivity contribution in [3.63, 3.8) is 0 Å². The first-order valence-electron chi connectivity index (χ1n) is 5.35. The number of benzene rings is 1. The summed E-state index contributed by atoms with van der Waals surface area (Å²) < 4.78 is 6.15. The molecule has 0 bridgehead atoms. The number of aliphatic hydroxyl groups is 1. The number of aliphatic hydroxyl groups excluding tert-OH is 1. The van der Waals surface area contributed by atoms with E-state index in [1.54, 1.807) is 0 Å². The number of primary amides is 1. The van der Waals surface area contributed by atoms with E-state index in [0.717, 1.165) is 9.13 Å². The molecular formula is C12H16INO3. The largest absolute Gasteiger partial charge is 0.442 e. The lowest BCUT2D eigenvalue weighted by atomic mass is 9.99. The second kappa shape index (κ2) is 6.80. The third-order valence-corrected chi connectivity index (χ3v) is 3.08. The molecule has 17 heavy (non-hydrogen) atoms. The summed E-state index contributed by atoms with van der Waals surface area (Å²) in [6, 6.07) is 7.69. The number of ether oxygens (including phenoxy) is 1. The highest BCUT2D eigenvalue weighted by Crippen LogP contribution is 2.26. The third kappa shape index (κ3) is 4.91. The highest BCUT2D eigenvalue weighted by atomic mass is 127. The zero-order valence-electron chi connectivity index (χ0n) is 9.60. The van der Waals surface area contributed by atoms with Gasteiger partial charge in [0, 0.05) is 10.2 Å². The van der Waals surface area contributed by atoms with Crippen LogP contribution < -0.4 is 5.73 Å². The van der Waals surface area contributed by atoms with Crippen molar-refractivity contribution in [1.29, 1.82) is 0 Å². The highest BCUT2D eigenvalue weighted by Gasteiger charge is 2.18. The molecule has 2 atom stereocenters. The smallest absolute Gasteiger partial charge is 0.405 e. The van der Waals surface area contributed by atoms with Crippen molar-refractivity contribution < 1.29 is 14.6 Å². The lowest BCUT2D eigenvalue weighted by molar-refractivity contribution is 0.0820. The fraction of sp³-hybridized carbons (Fsp3) is 0.417. The van der Waals surface area contributed by atoms with E-state index in [-0.39, 0.29) is 12.5 Å². The van der Waals surface area contributed by atoms with Crippen molar-refractivity contribution in [2.75, 3.05) is 6.61 Å². The Bertz CT molecular complexity index is 384. The maximum absolute atomic E-state index is 10.9. The number of carbonyl (C=O) groups is 1. The maximum atomic E-state index is 10.9. The molecule has 0 fully saturated rings. The monoisotopic (exact) mass is 349 g/mol. The second-order valence-corrected chi connectivity index (χ2v) is 5.25. The van der Waals surface area contributed by atoms with Crippen LogP contribution in [0.5, 0.6) is 0 Å². The summed E-state index contributed by atoms with van der Waals surface area (Å²) in [4.78, 5) is 10.9. The Labute approximate surface area is 114 Å². The lowest BCUT2D eigenvalue weighted by Gasteiger charge is -2.20. The predicted molar refractivity (Wildman–Crippen MR) is 73.4 cm³/mol. The van der Waals surface area contributed by atoms with E-state index in [0.29, 0.717) is 6.42 Å². The summed E-state index contributed by atoms with van der Waals surface area (Å²) in [5.74, 6) is 0.0530. The molecule has 0 spiro atoms. The van der Waals surface area contributed by atoms with Gasteiger partial charge in [-0.1, -0.05) is 19.1 Å². The molecule has 0 saturated heterocycles. The number of amides is 1. The van der Waals surface area contributed by atoms with Crippen molar-refractivity contribution in [3.05, 3.63) is 33.4 Å². The molecule has 1 amide bonds. The van der Waals surface area contributed by atoms with Crippen LogP contribution in [-0.2, 0) is 4.74 Å². The van der Waals surface area contributed by atoms with E-state index in [1.807, 2.05) is 31.2 Å². The molecule has 0 aromatic heterocycles. The van der Waals surface area contributed by atoms with E-state index >= 15 is 0 Å². The van der Waals surface area contributed by atoms with Gasteiger partial charge in [0.1, 0.15) is 6.10 Å². The van der Waals surface area contributed by atoms with Gasteiger partial charge in [0.05, 0.1) is 0 Å². The fourth-order valence-corrected chi connectivity index (χ4v) is 2.11. The van der Waals surface area contributed by atoms with Crippen LogP contribution >= 0.6 is 22.6 Å². The molecular weight excluding hydrogens is 333 g/mol. The fourth-order valence-electron chi connectivity index (χ4n) is 1.54. The quantitative estimate of drug-likeness (QED) is 0.802. The summed E-state index contributed by atoms with van der Waals surface area (Å²) in [5, 5.41) is 9.05. The number of rotatable bonds is 5. The Morgan fingerprint density at radius 2 is 2.29 bits per heavy atom. The van der Waals surface area contributed by atoms with Crippen LogP contribution in [0.2, 0.25) is 0 Å². The first-order valence-corrected chi connectivity index (χ1v) is 6.43. The van der Waals surface area contributed by atoms with E-state index in [1.165, 1.54) is 0 Å². The molecule has 0 aliphatic carbocycles. The van der Waals surface area contributed by atoms with Crippen LogP contribution in [0, 0.1) is 9.49 Å². The molecule has 0 unspecified atom stereocenters. The Morgan fingerprint density at radius 1 is 1.59 bits per heavy atom. The minimum Gasteiger partial charge on any atom is -0.442 e. The Balaban J connectivity index is 2.85. The van der Waals surface area contributed by atoms with Gasteiger partial charge in [0.2, 0.25) is 0 Å². The van der Waals surface area contributed by atoms with E-state index in [4.69, 9.17) is 15.6 Å². The number of halogens is 1. The number of hydrogen-bond donors (Lipinski definition) is 2. The highest BCUT2D eigenvalue weighted by molar-refractivity contribution is 14.1. The van der Waals surface area contributed by atoms with Gasteiger partial charge in [-0.2, -0.15) is 0 Å². The first-order chi connectivity index (χ1) is 8.02. The summed E-state index contributed by atoms with van der Waals surface area (Å²) in [6.07, 6.45) is -0.636. The molecule has 0 radical (unpaired) electrons. The molecule has 94 valence electrons. The molecule has 0 aliphatic heterocycles. The zero-order valence-corrected chi connectivity index (χ0v) is 11.8. The minimum absolute atomic E-state index is 0.0530. The van der Waals surface area contributed by atoms with Crippen LogP contribution in [0.4, 0.5) is 4.79 Å². The van der Waals surface area contributed by atoms with Gasteiger partial charge in [-0.05, 0) is 52.6 Å². The van der Waals surface area contributed by atoms with Gasteiger partial charge in [0.15, 0.2) is 0 Å². The van der Waals surface area contributed by atoms with Crippen molar-refractivity contribution in [2.45, 2.75) is 19.4 Å². The van der Waals surface area contributed by atoms with Gasteiger partial charge < -0.3 is 15.6 Å². The van der Waals surface area contributed by atoms with Gasteiger partial charge in [-0.25, -0.2) is 4.79 Å². The van der Waals surface area contributed by atoms with Crippen LogP contribution in [0.1, 0.15) is 25.0 Å². The van der Waals surface area contributed by atoms with E-state index in [2.05, 4.69) is 22.6 Å². The van der Waals surface area contributed by atoms with Crippen molar-refractivity contribution in [2.24, 2.45) is 11.7 Å². The van der Waals surface area contributed by atoms with Crippen molar-refractivity contribution >= 4 is 28.7 Å².